The minimum Gasteiger partial charge on any atom is -0.494 e. The van der Waals surface area contributed by atoms with E-state index < -0.39 is 0 Å². The maximum absolute atomic E-state index is 5.95. The molecular formula is C26H42N2O. The van der Waals surface area contributed by atoms with Crippen molar-refractivity contribution in [3.8, 4) is 5.75 Å². The second kappa shape index (κ2) is 10.8. The van der Waals surface area contributed by atoms with E-state index in [9.17, 15) is 0 Å². The minimum atomic E-state index is 0.779. The highest BCUT2D eigenvalue weighted by atomic mass is 16.5. The van der Waals surface area contributed by atoms with Crippen molar-refractivity contribution in [3.63, 3.8) is 0 Å². The molecule has 0 N–H and O–H groups in total. The van der Waals surface area contributed by atoms with Gasteiger partial charge in [-0.3, -0.25) is 9.80 Å². The fraction of sp³-hybridized carbons (Fsp3) is 0.769. The first-order valence-corrected chi connectivity index (χ1v) is 12.5. The number of piperazine rings is 1. The van der Waals surface area contributed by atoms with Crippen LogP contribution in [0.15, 0.2) is 24.3 Å². The van der Waals surface area contributed by atoms with Crippen LogP contribution in [0.4, 0.5) is 0 Å². The molecular weight excluding hydrogens is 356 g/mol. The van der Waals surface area contributed by atoms with Gasteiger partial charge in [0.2, 0.25) is 0 Å². The Labute approximate surface area is 178 Å². The third-order valence-corrected chi connectivity index (χ3v) is 7.61. The molecule has 0 amide bonds. The van der Waals surface area contributed by atoms with Crippen molar-refractivity contribution in [3.05, 3.63) is 29.8 Å². The van der Waals surface area contributed by atoms with Gasteiger partial charge in [-0.1, -0.05) is 57.6 Å². The van der Waals surface area contributed by atoms with E-state index in [-0.39, 0.29) is 0 Å². The number of ether oxygens (including phenoxy) is 1. The van der Waals surface area contributed by atoms with E-state index in [4.69, 9.17) is 4.74 Å². The zero-order chi connectivity index (χ0) is 19.9. The minimum absolute atomic E-state index is 0.779. The first-order valence-electron chi connectivity index (χ1n) is 12.5. The number of unbranched alkanes of at least 4 members (excludes halogenated alkanes) is 3. The first-order chi connectivity index (χ1) is 14.3. The summed E-state index contributed by atoms with van der Waals surface area (Å²) in [4.78, 5) is 5.66. The molecule has 0 unspecified atom stereocenters. The lowest BCUT2D eigenvalue weighted by Gasteiger charge is -2.49. The van der Waals surface area contributed by atoms with Crippen LogP contribution in [0.1, 0.15) is 83.1 Å². The van der Waals surface area contributed by atoms with Crippen LogP contribution in [0, 0.1) is 5.92 Å². The van der Waals surface area contributed by atoms with E-state index in [1.807, 2.05) is 0 Å². The maximum Gasteiger partial charge on any atom is 0.119 e. The van der Waals surface area contributed by atoms with Crippen molar-refractivity contribution < 1.29 is 4.74 Å². The van der Waals surface area contributed by atoms with Crippen LogP contribution in [0.5, 0.6) is 5.75 Å². The van der Waals surface area contributed by atoms with Crippen LogP contribution in [-0.2, 0) is 6.54 Å². The number of fused-ring (bicyclic) bond motifs is 1. The summed E-state index contributed by atoms with van der Waals surface area (Å²) < 4.78 is 5.95. The Morgan fingerprint density at radius 3 is 2.48 bits per heavy atom. The van der Waals surface area contributed by atoms with Crippen molar-refractivity contribution >= 4 is 0 Å². The van der Waals surface area contributed by atoms with Gasteiger partial charge in [-0.25, -0.2) is 0 Å². The zero-order valence-corrected chi connectivity index (χ0v) is 18.7. The summed E-state index contributed by atoms with van der Waals surface area (Å²) in [6, 6.07) is 10.6. The van der Waals surface area contributed by atoms with Crippen molar-refractivity contribution in [1.29, 1.82) is 0 Å². The van der Waals surface area contributed by atoms with Crippen LogP contribution in [-0.4, -0.2) is 48.1 Å². The molecule has 162 valence electrons. The highest BCUT2D eigenvalue weighted by Crippen LogP contribution is 2.38. The van der Waals surface area contributed by atoms with E-state index >= 15 is 0 Å². The smallest absolute Gasteiger partial charge is 0.119 e. The van der Waals surface area contributed by atoms with Gasteiger partial charge in [-0.2, -0.15) is 0 Å². The monoisotopic (exact) mass is 398 g/mol. The normalized spacial score (nSPS) is 26.5. The Morgan fingerprint density at radius 2 is 1.69 bits per heavy atom. The molecule has 1 aromatic carbocycles. The van der Waals surface area contributed by atoms with E-state index in [2.05, 4.69) is 41.0 Å². The van der Waals surface area contributed by atoms with E-state index in [0.29, 0.717) is 0 Å². The fourth-order valence-corrected chi connectivity index (χ4v) is 6.08. The first kappa shape index (κ1) is 21.2. The van der Waals surface area contributed by atoms with Gasteiger partial charge >= 0.3 is 0 Å². The van der Waals surface area contributed by atoms with Crippen molar-refractivity contribution in [2.45, 2.75) is 96.2 Å². The van der Waals surface area contributed by atoms with Gasteiger partial charge < -0.3 is 4.74 Å². The Kier molecular flexibility index (Phi) is 7.90. The summed E-state index contributed by atoms with van der Waals surface area (Å²) >= 11 is 0. The van der Waals surface area contributed by atoms with Crippen LogP contribution < -0.4 is 4.74 Å². The predicted molar refractivity (Wildman–Crippen MR) is 121 cm³/mol. The summed E-state index contributed by atoms with van der Waals surface area (Å²) in [7, 11) is 0. The summed E-state index contributed by atoms with van der Waals surface area (Å²) in [5, 5.41) is 0. The number of hydrogen-bond acceptors (Lipinski definition) is 3. The molecule has 3 aliphatic rings. The zero-order valence-electron chi connectivity index (χ0n) is 18.7. The van der Waals surface area contributed by atoms with Crippen LogP contribution in [0.2, 0.25) is 0 Å². The lowest BCUT2D eigenvalue weighted by atomic mass is 9.78. The number of benzene rings is 1. The molecule has 2 saturated heterocycles. The largest absolute Gasteiger partial charge is 0.494 e. The average Bonchev–Trinajstić information content (AvgIpc) is 3.24. The van der Waals surface area contributed by atoms with Gasteiger partial charge in [-0.15, -0.1) is 0 Å². The molecule has 2 atom stereocenters. The molecule has 1 aromatic rings. The van der Waals surface area contributed by atoms with Gasteiger partial charge in [0.15, 0.2) is 0 Å². The van der Waals surface area contributed by atoms with Gasteiger partial charge in [-0.05, 0) is 62.3 Å². The molecule has 3 fully saturated rings. The van der Waals surface area contributed by atoms with Gasteiger partial charge in [0.25, 0.3) is 0 Å². The molecule has 0 aromatic heterocycles. The van der Waals surface area contributed by atoms with E-state index in [0.717, 1.165) is 36.9 Å². The maximum atomic E-state index is 5.95. The fourth-order valence-electron chi connectivity index (χ4n) is 6.08. The highest BCUT2D eigenvalue weighted by molar-refractivity contribution is 5.27. The SMILES string of the molecule is CCCCCCOc1ccc(CN2CCN3CCC[C@@H]3[C@H]2C2CCCCC2)cc1. The quantitative estimate of drug-likeness (QED) is 0.484. The molecule has 2 heterocycles. The Hall–Kier alpha value is -1.06. The second-order valence-electron chi connectivity index (χ2n) is 9.66. The topological polar surface area (TPSA) is 15.7 Å². The molecule has 0 radical (unpaired) electrons. The summed E-state index contributed by atoms with van der Waals surface area (Å²) in [5.41, 5.74) is 1.45. The molecule has 2 aliphatic heterocycles. The Morgan fingerprint density at radius 1 is 0.862 bits per heavy atom. The van der Waals surface area contributed by atoms with Gasteiger partial charge in [0, 0.05) is 31.7 Å². The van der Waals surface area contributed by atoms with E-state index in [1.165, 1.54) is 95.8 Å². The number of nitrogens with zero attached hydrogens (tertiary/aromatic N) is 2. The summed E-state index contributed by atoms with van der Waals surface area (Å²) in [6.45, 7) is 8.08. The van der Waals surface area contributed by atoms with Gasteiger partial charge in [0.05, 0.1) is 6.61 Å². The molecule has 3 nitrogen and oxygen atoms in total. The highest BCUT2D eigenvalue weighted by Gasteiger charge is 2.42. The molecule has 29 heavy (non-hydrogen) atoms. The Bertz CT molecular complexity index is 595. The molecule has 0 spiro atoms. The van der Waals surface area contributed by atoms with Crippen LogP contribution in [0.3, 0.4) is 0 Å². The summed E-state index contributed by atoms with van der Waals surface area (Å²) in [5.74, 6) is 1.95. The second-order valence-corrected chi connectivity index (χ2v) is 9.66. The molecule has 1 saturated carbocycles. The number of rotatable bonds is 9. The lowest BCUT2D eigenvalue weighted by Crippen LogP contribution is -2.59. The van der Waals surface area contributed by atoms with Crippen molar-refractivity contribution in [1.82, 2.24) is 9.80 Å². The third-order valence-electron chi connectivity index (χ3n) is 7.61. The van der Waals surface area contributed by atoms with Crippen LogP contribution in [0.25, 0.3) is 0 Å². The molecule has 0 bridgehead atoms. The average molecular weight is 399 g/mol. The van der Waals surface area contributed by atoms with Crippen LogP contribution >= 0.6 is 0 Å². The van der Waals surface area contributed by atoms with Gasteiger partial charge in [0.1, 0.15) is 5.75 Å². The van der Waals surface area contributed by atoms with Crippen molar-refractivity contribution in [2.75, 3.05) is 26.2 Å². The molecule has 4 rings (SSSR count). The Balaban J connectivity index is 1.35. The molecule has 3 heteroatoms. The predicted octanol–water partition coefficient (Wildman–Crippen LogP) is 5.87. The van der Waals surface area contributed by atoms with E-state index in [1.54, 1.807) is 0 Å². The summed E-state index contributed by atoms with van der Waals surface area (Å²) in [6.07, 6.45) is 15.1. The standard InChI is InChI=1S/C26H42N2O/c1-2-3-4-8-20-29-24-15-13-22(14-16-24)21-28-19-18-27-17-9-12-25(27)26(28)23-10-6-5-7-11-23/h13-16,23,25-26H,2-12,17-21H2,1H3/t25-,26-/m1/s1. The third kappa shape index (κ3) is 5.55. The number of hydrogen-bond donors (Lipinski definition) is 0. The van der Waals surface area contributed by atoms with Crippen molar-refractivity contribution in [2.24, 2.45) is 5.92 Å². The molecule has 1 aliphatic carbocycles. The lowest BCUT2D eigenvalue weighted by molar-refractivity contribution is -0.00380.